The van der Waals surface area contributed by atoms with Crippen LogP contribution in [0.2, 0.25) is 0 Å². The molecule has 0 aromatic heterocycles. The Bertz CT molecular complexity index is 990. The maximum atomic E-state index is 12.1. The van der Waals surface area contributed by atoms with E-state index in [1.165, 1.54) is 38.5 Å². The van der Waals surface area contributed by atoms with E-state index in [1.54, 1.807) is 25.1 Å². The Hall–Kier alpha value is -3.11. The van der Waals surface area contributed by atoms with Crippen LogP contribution in [-0.2, 0) is 26.2 Å². The molecule has 0 fully saturated rings. The molecule has 0 heterocycles. The summed E-state index contributed by atoms with van der Waals surface area (Å²) in [5.41, 5.74) is 1.36. The molecule has 29 heavy (non-hydrogen) atoms. The Morgan fingerprint density at radius 1 is 1.00 bits per heavy atom. The number of carbonyl (C=O) groups excluding carboxylic acids is 2. The van der Waals surface area contributed by atoms with Crippen LogP contribution in [0, 0.1) is 0 Å². The van der Waals surface area contributed by atoms with Gasteiger partial charge < -0.3 is 20.1 Å². The largest absolute Gasteiger partial charge is 0.493 e. The molecule has 0 radical (unpaired) electrons. The minimum absolute atomic E-state index is 0.0333. The second-order valence-electron chi connectivity index (χ2n) is 6.18. The number of methoxy groups -OCH3 is 2. The summed E-state index contributed by atoms with van der Waals surface area (Å²) in [5.74, 6) is -0.541. The van der Waals surface area contributed by atoms with E-state index in [4.69, 9.17) is 14.6 Å². The molecule has 2 aromatic carbocycles. The number of primary sulfonamides is 1. The molecule has 2 rings (SSSR count). The lowest BCUT2D eigenvalue weighted by Gasteiger charge is -2.16. The monoisotopic (exact) mass is 421 g/mol. The number of nitrogens with one attached hydrogen (secondary N) is 2. The molecule has 0 aliphatic rings. The molecular weight excluding hydrogens is 398 g/mol. The number of hydrogen-bond donors (Lipinski definition) is 3. The summed E-state index contributed by atoms with van der Waals surface area (Å²) in [4.78, 5) is 24.2. The van der Waals surface area contributed by atoms with Crippen molar-refractivity contribution in [1.82, 2.24) is 10.6 Å². The molecule has 0 aliphatic carbocycles. The van der Waals surface area contributed by atoms with Gasteiger partial charge in [-0.3, -0.25) is 9.59 Å². The molecule has 4 N–H and O–H groups in total. The predicted molar refractivity (Wildman–Crippen MR) is 106 cm³/mol. The standard InChI is InChI=1S/C19H23N3O6S/c1-12(14-6-9-16(27-2)17(10-14)28-3)22-19(24)18(23)21-11-13-4-7-15(8-5-13)29(20,25)26/h4-10,12H,11H2,1-3H3,(H,21,23)(H,22,24)(H2,20,25,26). The summed E-state index contributed by atoms with van der Waals surface area (Å²) in [6.07, 6.45) is 0. The molecule has 2 amide bonds. The average molecular weight is 421 g/mol. The summed E-state index contributed by atoms with van der Waals surface area (Å²) >= 11 is 0. The lowest BCUT2D eigenvalue weighted by atomic mass is 10.1. The van der Waals surface area contributed by atoms with E-state index < -0.39 is 27.9 Å². The number of rotatable bonds is 7. The van der Waals surface area contributed by atoms with Gasteiger partial charge in [-0.2, -0.15) is 0 Å². The lowest BCUT2D eigenvalue weighted by Crippen LogP contribution is -2.40. The third-order valence-electron chi connectivity index (χ3n) is 4.17. The highest BCUT2D eigenvalue weighted by atomic mass is 32.2. The summed E-state index contributed by atoms with van der Waals surface area (Å²) < 4.78 is 32.9. The van der Waals surface area contributed by atoms with E-state index >= 15 is 0 Å². The number of hydrogen-bond acceptors (Lipinski definition) is 6. The van der Waals surface area contributed by atoms with Gasteiger partial charge in [0.25, 0.3) is 0 Å². The van der Waals surface area contributed by atoms with Gasteiger partial charge in [0, 0.05) is 6.54 Å². The zero-order valence-electron chi connectivity index (χ0n) is 16.3. The Morgan fingerprint density at radius 2 is 1.62 bits per heavy atom. The number of nitrogens with two attached hydrogens (primary N) is 1. The quantitative estimate of drug-likeness (QED) is 0.567. The van der Waals surface area contributed by atoms with E-state index in [1.807, 2.05) is 0 Å². The maximum absolute atomic E-state index is 12.1. The highest BCUT2D eigenvalue weighted by Gasteiger charge is 2.18. The third kappa shape index (κ3) is 5.93. The first-order valence-electron chi connectivity index (χ1n) is 8.58. The van der Waals surface area contributed by atoms with E-state index in [0.29, 0.717) is 17.1 Å². The van der Waals surface area contributed by atoms with Gasteiger partial charge in [0.1, 0.15) is 0 Å². The van der Waals surface area contributed by atoms with Crippen molar-refractivity contribution >= 4 is 21.8 Å². The van der Waals surface area contributed by atoms with Crippen molar-refractivity contribution in [2.24, 2.45) is 5.14 Å². The van der Waals surface area contributed by atoms with Crippen molar-refractivity contribution in [1.29, 1.82) is 0 Å². The van der Waals surface area contributed by atoms with Crippen LogP contribution >= 0.6 is 0 Å². The molecule has 0 aliphatic heterocycles. The summed E-state index contributed by atoms with van der Waals surface area (Å²) in [6.45, 7) is 1.79. The van der Waals surface area contributed by atoms with Crippen LogP contribution in [0.25, 0.3) is 0 Å². The molecule has 1 atom stereocenters. The zero-order valence-corrected chi connectivity index (χ0v) is 17.1. The molecule has 10 heteroatoms. The van der Waals surface area contributed by atoms with Gasteiger partial charge in [0.15, 0.2) is 11.5 Å². The second-order valence-corrected chi connectivity index (χ2v) is 7.74. The van der Waals surface area contributed by atoms with Crippen molar-refractivity contribution in [3.8, 4) is 11.5 Å². The third-order valence-corrected chi connectivity index (χ3v) is 5.10. The number of carbonyl (C=O) groups is 2. The zero-order chi connectivity index (χ0) is 21.6. The smallest absolute Gasteiger partial charge is 0.309 e. The summed E-state index contributed by atoms with van der Waals surface area (Å²) in [7, 11) is -0.751. The second kappa shape index (κ2) is 9.39. The Kier molecular flexibility index (Phi) is 7.18. The molecule has 0 saturated carbocycles. The van der Waals surface area contributed by atoms with Crippen molar-refractivity contribution in [2.75, 3.05) is 14.2 Å². The van der Waals surface area contributed by atoms with Crippen LogP contribution < -0.4 is 25.2 Å². The molecule has 1 unspecified atom stereocenters. The van der Waals surface area contributed by atoms with Gasteiger partial charge in [-0.05, 0) is 42.3 Å². The van der Waals surface area contributed by atoms with Crippen molar-refractivity contribution in [3.05, 3.63) is 53.6 Å². The van der Waals surface area contributed by atoms with Crippen LogP contribution in [0.1, 0.15) is 24.1 Å². The average Bonchev–Trinajstić information content (AvgIpc) is 2.70. The van der Waals surface area contributed by atoms with Crippen molar-refractivity contribution in [2.45, 2.75) is 24.4 Å². The normalized spacial score (nSPS) is 12.0. The van der Waals surface area contributed by atoms with Crippen molar-refractivity contribution in [3.63, 3.8) is 0 Å². The van der Waals surface area contributed by atoms with Crippen LogP contribution in [0.15, 0.2) is 47.4 Å². The van der Waals surface area contributed by atoms with Gasteiger partial charge in [-0.25, -0.2) is 13.6 Å². The van der Waals surface area contributed by atoms with Crippen LogP contribution in [-0.4, -0.2) is 34.5 Å². The number of benzene rings is 2. The van der Waals surface area contributed by atoms with Gasteiger partial charge in [0.2, 0.25) is 10.0 Å². The fourth-order valence-electron chi connectivity index (χ4n) is 2.53. The molecule has 156 valence electrons. The minimum atomic E-state index is -3.78. The molecule has 0 spiro atoms. The first-order valence-corrected chi connectivity index (χ1v) is 10.1. The van der Waals surface area contributed by atoms with Gasteiger partial charge >= 0.3 is 11.8 Å². The molecule has 0 saturated heterocycles. The number of ether oxygens (including phenoxy) is 2. The van der Waals surface area contributed by atoms with Gasteiger partial charge in [0.05, 0.1) is 25.2 Å². The number of sulfonamides is 1. The fourth-order valence-corrected chi connectivity index (χ4v) is 3.04. The van der Waals surface area contributed by atoms with E-state index in [0.717, 1.165) is 5.56 Å². The minimum Gasteiger partial charge on any atom is -0.493 e. The number of amides is 2. The predicted octanol–water partition coefficient (Wildman–Crippen LogP) is 0.845. The summed E-state index contributed by atoms with van der Waals surface area (Å²) in [6, 6.07) is 10.4. The first kappa shape index (κ1) is 22.2. The van der Waals surface area contributed by atoms with Crippen LogP contribution in [0.3, 0.4) is 0 Å². The molecule has 9 nitrogen and oxygen atoms in total. The lowest BCUT2D eigenvalue weighted by molar-refractivity contribution is -0.139. The maximum Gasteiger partial charge on any atom is 0.309 e. The SMILES string of the molecule is COc1ccc(C(C)NC(=O)C(=O)NCc2ccc(S(N)(=O)=O)cc2)cc1OC. The van der Waals surface area contributed by atoms with Gasteiger partial charge in [-0.15, -0.1) is 0 Å². The van der Waals surface area contributed by atoms with E-state index in [-0.39, 0.29) is 11.4 Å². The Morgan fingerprint density at radius 3 is 2.17 bits per heavy atom. The fraction of sp³-hybridized carbons (Fsp3) is 0.263. The van der Waals surface area contributed by atoms with Crippen LogP contribution in [0.5, 0.6) is 11.5 Å². The molecule has 0 bridgehead atoms. The topological polar surface area (TPSA) is 137 Å². The Balaban J connectivity index is 1.94. The van der Waals surface area contributed by atoms with E-state index in [9.17, 15) is 18.0 Å². The van der Waals surface area contributed by atoms with Crippen LogP contribution in [0.4, 0.5) is 0 Å². The van der Waals surface area contributed by atoms with Crippen molar-refractivity contribution < 1.29 is 27.5 Å². The van der Waals surface area contributed by atoms with Gasteiger partial charge in [-0.1, -0.05) is 18.2 Å². The molecule has 2 aromatic rings. The first-order chi connectivity index (χ1) is 13.7. The Labute approximate surface area is 169 Å². The highest BCUT2D eigenvalue weighted by Crippen LogP contribution is 2.29. The van der Waals surface area contributed by atoms with E-state index in [2.05, 4.69) is 10.6 Å². The summed E-state index contributed by atoms with van der Waals surface area (Å²) in [5, 5.41) is 10.1. The highest BCUT2D eigenvalue weighted by molar-refractivity contribution is 7.89. The molecular formula is C19H23N3O6S.